The number of carbonyl (C=O) groups excluding carboxylic acids is 2. The Morgan fingerprint density at radius 1 is 0.972 bits per heavy atom. The minimum atomic E-state index is -0.675. The molecule has 4 fully saturated rings. The smallest absolute Gasteiger partial charge is 0.249 e. The van der Waals surface area contributed by atoms with E-state index in [4.69, 9.17) is 0 Å². The van der Waals surface area contributed by atoms with E-state index in [9.17, 15) is 9.59 Å². The highest BCUT2D eigenvalue weighted by Gasteiger charge is 2.55. The van der Waals surface area contributed by atoms with Crippen molar-refractivity contribution < 1.29 is 9.59 Å². The molecule has 7 rings (SSSR count). The van der Waals surface area contributed by atoms with E-state index >= 15 is 0 Å². The predicted molar refractivity (Wildman–Crippen MR) is 144 cm³/mol. The summed E-state index contributed by atoms with van der Waals surface area (Å²) in [6.45, 7) is 0. The van der Waals surface area contributed by atoms with Gasteiger partial charge in [0, 0.05) is 21.9 Å². The van der Waals surface area contributed by atoms with Gasteiger partial charge in [-0.3, -0.25) is 14.9 Å². The molecular weight excluding hydrogens is 536 g/mol. The van der Waals surface area contributed by atoms with Gasteiger partial charge in [-0.1, -0.05) is 69.7 Å². The van der Waals surface area contributed by atoms with Gasteiger partial charge < -0.3 is 5.32 Å². The minimum Gasteiger partial charge on any atom is -0.343 e. The van der Waals surface area contributed by atoms with Crippen LogP contribution in [0.2, 0.25) is 0 Å². The molecule has 2 amide bonds. The first-order valence-corrected chi connectivity index (χ1v) is 14.3. The normalized spacial score (nSPS) is 27.0. The van der Waals surface area contributed by atoms with E-state index in [1.54, 1.807) is 0 Å². The first kappa shape index (κ1) is 23.8. The number of carbonyl (C=O) groups is 2. The van der Waals surface area contributed by atoms with Crippen LogP contribution in [0, 0.1) is 23.2 Å². The summed E-state index contributed by atoms with van der Waals surface area (Å²) in [6.07, 6.45) is 7.17. The molecule has 2 N–H and O–H groups in total. The Bertz CT molecular complexity index is 1240. The average molecular weight is 566 g/mol. The van der Waals surface area contributed by atoms with Crippen molar-refractivity contribution in [1.82, 2.24) is 15.5 Å². The fourth-order valence-electron chi connectivity index (χ4n) is 6.96. The zero-order valence-corrected chi connectivity index (χ0v) is 22.4. The van der Waals surface area contributed by atoms with E-state index in [1.807, 2.05) is 54.6 Å². The number of halogens is 1. The van der Waals surface area contributed by atoms with Gasteiger partial charge in [-0.2, -0.15) is 0 Å². The molecule has 0 radical (unpaired) electrons. The standard InChI is InChI=1S/C28H29BrN4O2S/c29-22-8-4-7-21(13-22)25-32-33-27(36-25)31-24(34)23(12-17-5-2-1-3-6-17)30-26(35)28-14-18-9-19(15-28)11-20(10-18)16-28/h1-8,13,18-20,23H,9-12,14-16H2,(H,30,35)(H,31,33,34). The molecule has 4 bridgehead atoms. The Morgan fingerprint density at radius 2 is 1.67 bits per heavy atom. The maximum atomic E-state index is 13.8. The molecule has 4 aliphatic rings. The molecule has 1 unspecified atom stereocenters. The summed E-state index contributed by atoms with van der Waals surface area (Å²) in [4.78, 5) is 27.2. The number of hydrogen-bond donors (Lipinski definition) is 2. The van der Waals surface area contributed by atoms with Crippen LogP contribution in [-0.4, -0.2) is 28.1 Å². The molecule has 4 aliphatic carbocycles. The Balaban J connectivity index is 1.20. The summed E-state index contributed by atoms with van der Waals surface area (Å²) in [7, 11) is 0. The number of hydrogen-bond acceptors (Lipinski definition) is 5. The Labute approximate surface area is 223 Å². The fraction of sp³-hybridized carbons (Fsp3) is 0.429. The molecule has 186 valence electrons. The van der Waals surface area contributed by atoms with Crippen molar-refractivity contribution in [3.63, 3.8) is 0 Å². The van der Waals surface area contributed by atoms with Crippen molar-refractivity contribution in [3.8, 4) is 10.6 Å². The second kappa shape index (κ2) is 9.71. The second-order valence-electron chi connectivity index (χ2n) is 10.8. The van der Waals surface area contributed by atoms with Crippen LogP contribution in [0.3, 0.4) is 0 Å². The predicted octanol–water partition coefficient (Wildman–Crippen LogP) is 5.85. The van der Waals surface area contributed by atoms with Gasteiger partial charge in [0.1, 0.15) is 11.0 Å². The van der Waals surface area contributed by atoms with Gasteiger partial charge in [0.25, 0.3) is 0 Å². The lowest BCUT2D eigenvalue weighted by Gasteiger charge is -2.55. The van der Waals surface area contributed by atoms with E-state index < -0.39 is 6.04 Å². The number of rotatable bonds is 7. The van der Waals surface area contributed by atoms with Gasteiger partial charge >= 0.3 is 0 Å². The highest BCUT2D eigenvalue weighted by Crippen LogP contribution is 2.60. The number of nitrogens with zero attached hydrogens (tertiary/aromatic N) is 2. The fourth-order valence-corrected chi connectivity index (χ4v) is 8.11. The van der Waals surface area contributed by atoms with Gasteiger partial charge in [-0.25, -0.2) is 0 Å². The summed E-state index contributed by atoms with van der Waals surface area (Å²) in [5.41, 5.74) is 1.63. The molecule has 1 heterocycles. The zero-order chi connectivity index (χ0) is 24.7. The van der Waals surface area contributed by atoms with Crippen LogP contribution in [0.25, 0.3) is 10.6 Å². The van der Waals surface area contributed by atoms with Gasteiger partial charge in [-0.05, 0) is 74.0 Å². The summed E-state index contributed by atoms with van der Waals surface area (Å²) in [5.74, 6) is 1.81. The van der Waals surface area contributed by atoms with Gasteiger partial charge in [-0.15, -0.1) is 10.2 Å². The largest absolute Gasteiger partial charge is 0.343 e. The molecule has 1 aromatic heterocycles. The highest BCUT2D eigenvalue weighted by molar-refractivity contribution is 9.10. The van der Waals surface area contributed by atoms with Crippen molar-refractivity contribution in [2.24, 2.45) is 23.2 Å². The van der Waals surface area contributed by atoms with Gasteiger partial charge in [0.05, 0.1) is 0 Å². The van der Waals surface area contributed by atoms with Crippen LogP contribution in [-0.2, 0) is 16.0 Å². The quantitative estimate of drug-likeness (QED) is 0.377. The molecule has 0 aliphatic heterocycles. The molecule has 36 heavy (non-hydrogen) atoms. The van der Waals surface area contributed by atoms with E-state index in [0.29, 0.717) is 29.3 Å². The molecular formula is C28H29BrN4O2S. The molecule has 6 nitrogen and oxygen atoms in total. The Kier molecular flexibility index (Phi) is 6.42. The second-order valence-corrected chi connectivity index (χ2v) is 12.7. The Morgan fingerprint density at radius 3 is 2.33 bits per heavy atom. The van der Waals surface area contributed by atoms with E-state index in [0.717, 1.165) is 39.9 Å². The van der Waals surface area contributed by atoms with Crippen LogP contribution in [0.4, 0.5) is 5.13 Å². The van der Waals surface area contributed by atoms with Crippen LogP contribution in [0.5, 0.6) is 0 Å². The summed E-state index contributed by atoms with van der Waals surface area (Å²) < 4.78 is 0.955. The van der Waals surface area contributed by atoms with E-state index in [1.165, 1.54) is 30.6 Å². The summed E-state index contributed by atoms with van der Waals surface area (Å²) >= 11 is 4.81. The summed E-state index contributed by atoms with van der Waals surface area (Å²) in [5, 5.41) is 15.7. The third-order valence-electron chi connectivity index (χ3n) is 8.15. The molecule has 0 spiro atoms. The van der Waals surface area contributed by atoms with Gasteiger partial charge in [0.2, 0.25) is 16.9 Å². The maximum absolute atomic E-state index is 13.8. The Hall–Kier alpha value is -2.58. The SMILES string of the molecule is O=C(Nc1nnc(-c2cccc(Br)c2)s1)C(Cc1ccccc1)NC(=O)C12CC3CC(CC(C3)C1)C2. The van der Waals surface area contributed by atoms with Crippen LogP contribution < -0.4 is 10.6 Å². The van der Waals surface area contributed by atoms with E-state index in [-0.39, 0.29) is 17.2 Å². The van der Waals surface area contributed by atoms with Crippen molar-refractivity contribution in [2.45, 2.75) is 51.0 Å². The third-order valence-corrected chi connectivity index (χ3v) is 9.53. The monoisotopic (exact) mass is 564 g/mol. The van der Waals surface area contributed by atoms with E-state index in [2.05, 4.69) is 36.8 Å². The molecule has 2 aromatic carbocycles. The maximum Gasteiger partial charge on any atom is 0.249 e. The number of anilines is 1. The lowest BCUT2D eigenvalue weighted by Crippen LogP contribution is -2.57. The number of aromatic nitrogens is 2. The third kappa shape index (κ3) is 4.85. The first-order chi connectivity index (χ1) is 17.5. The van der Waals surface area contributed by atoms with Crippen molar-refractivity contribution in [3.05, 3.63) is 64.6 Å². The number of amides is 2. The zero-order valence-electron chi connectivity index (χ0n) is 20.0. The van der Waals surface area contributed by atoms with Gasteiger partial charge in [0.15, 0.2) is 0 Å². The first-order valence-electron chi connectivity index (χ1n) is 12.7. The molecule has 1 atom stereocenters. The minimum absolute atomic E-state index is 0.0600. The van der Waals surface area contributed by atoms with Crippen LogP contribution in [0.15, 0.2) is 59.1 Å². The lowest BCUT2D eigenvalue weighted by molar-refractivity contribution is -0.148. The molecule has 8 heteroatoms. The van der Waals surface area contributed by atoms with Crippen LogP contribution >= 0.6 is 27.3 Å². The molecule has 4 saturated carbocycles. The summed E-state index contributed by atoms with van der Waals surface area (Å²) in [6, 6.07) is 17.0. The highest BCUT2D eigenvalue weighted by atomic mass is 79.9. The lowest BCUT2D eigenvalue weighted by atomic mass is 9.49. The topological polar surface area (TPSA) is 84.0 Å². The molecule has 0 saturated heterocycles. The van der Waals surface area contributed by atoms with Crippen molar-refractivity contribution in [1.29, 1.82) is 0 Å². The number of benzene rings is 2. The van der Waals surface area contributed by atoms with Crippen molar-refractivity contribution >= 4 is 44.2 Å². The van der Waals surface area contributed by atoms with Crippen LogP contribution in [0.1, 0.15) is 44.1 Å². The number of nitrogens with one attached hydrogen (secondary N) is 2. The average Bonchev–Trinajstić information content (AvgIpc) is 3.32. The molecule has 3 aromatic rings. The van der Waals surface area contributed by atoms with Crippen molar-refractivity contribution in [2.75, 3.05) is 5.32 Å².